The molecule has 3 rings (SSSR count). The van der Waals surface area contributed by atoms with Gasteiger partial charge >= 0.3 is 0 Å². The second-order valence-electron chi connectivity index (χ2n) is 4.97. The summed E-state index contributed by atoms with van der Waals surface area (Å²) < 4.78 is 5.10. The summed E-state index contributed by atoms with van der Waals surface area (Å²) in [4.78, 5) is 23.5. The quantitative estimate of drug-likeness (QED) is 0.563. The van der Waals surface area contributed by atoms with Crippen LogP contribution in [-0.4, -0.2) is 22.2 Å². The van der Waals surface area contributed by atoms with Crippen molar-refractivity contribution < 1.29 is 4.74 Å². The number of ether oxygens (including phenoxy) is 1. The van der Waals surface area contributed by atoms with Gasteiger partial charge in [-0.3, -0.25) is 4.79 Å². The Morgan fingerprint density at radius 2 is 2.00 bits per heavy atom. The summed E-state index contributed by atoms with van der Waals surface area (Å²) in [6.45, 7) is 0. The van der Waals surface area contributed by atoms with Crippen LogP contribution in [-0.2, 0) is 5.75 Å². The molecule has 3 aromatic rings. The molecule has 7 heteroatoms. The minimum atomic E-state index is -0.151. The van der Waals surface area contributed by atoms with E-state index < -0.39 is 0 Å². The molecule has 0 aliphatic carbocycles. The monoisotopic (exact) mass is 340 g/mol. The Morgan fingerprint density at radius 3 is 2.75 bits per heavy atom. The van der Waals surface area contributed by atoms with Crippen molar-refractivity contribution in [3.8, 4) is 5.75 Å². The van der Waals surface area contributed by atoms with E-state index in [9.17, 15) is 4.79 Å². The number of aromatic amines is 1. The first-order chi connectivity index (χ1) is 11.7. The van der Waals surface area contributed by atoms with Gasteiger partial charge in [0.05, 0.1) is 29.5 Å². The summed E-state index contributed by atoms with van der Waals surface area (Å²) in [5.74, 6) is 1.76. The van der Waals surface area contributed by atoms with Crippen molar-refractivity contribution in [2.45, 2.75) is 5.75 Å². The number of nitrogens with one attached hydrogen (secondary N) is 1. The first-order valence-corrected chi connectivity index (χ1v) is 8.23. The number of thioether (sulfide) groups is 1. The Balaban J connectivity index is 1.72. The van der Waals surface area contributed by atoms with Gasteiger partial charge in [0.15, 0.2) is 5.17 Å². The number of methoxy groups -OCH3 is 1. The van der Waals surface area contributed by atoms with E-state index in [4.69, 9.17) is 10.5 Å². The average molecular weight is 340 g/mol. The molecule has 0 unspecified atom stereocenters. The Morgan fingerprint density at radius 1 is 1.25 bits per heavy atom. The summed E-state index contributed by atoms with van der Waals surface area (Å²) in [5.41, 5.74) is 7.19. The molecule has 0 saturated carbocycles. The number of nitrogens with zero attached hydrogens (tertiary/aromatic N) is 2. The summed E-state index contributed by atoms with van der Waals surface area (Å²) in [6.07, 6.45) is 0. The largest absolute Gasteiger partial charge is 0.497 e. The van der Waals surface area contributed by atoms with Gasteiger partial charge in [-0.2, -0.15) is 0 Å². The maximum absolute atomic E-state index is 12.0. The first-order valence-electron chi connectivity index (χ1n) is 7.24. The van der Waals surface area contributed by atoms with Crippen LogP contribution in [0, 0.1) is 0 Å². The number of para-hydroxylation sites is 1. The smallest absolute Gasteiger partial charge is 0.258 e. The van der Waals surface area contributed by atoms with Gasteiger partial charge in [0.2, 0.25) is 0 Å². The highest BCUT2D eigenvalue weighted by atomic mass is 32.2. The number of aliphatic imine (C=N–C) groups is 1. The molecule has 0 atom stereocenters. The number of amidine groups is 1. The zero-order valence-electron chi connectivity index (χ0n) is 13.0. The lowest BCUT2D eigenvalue weighted by molar-refractivity contribution is 0.415. The molecular weight excluding hydrogens is 324 g/mol. The lowest BCUT2D eigenvalue weighted by Gasteiger charge is -2.04. The van der Waals surface area contributed by atoms with Crippen molar-refractivity contribution in [1.29, 1.82) is 0 Å². The predicted molar refractivity (Wildman–Crippen MR) is 97.9 cm³/mol. The highest BCUT2D eigenvalue weighted by Crippen LogP contribution is 2.19. The zero-order chi connectivity index (χ0) is 16.9. The maximum Gasteiger partial charge on any atom is 0.258 e. The molecule has 0 saturated heterocycles. The molecule has 0 amide bonds. The molecule has 0 aliphatic rings. The lowest BCUT2D eigenvalue weighted by atomic mass is 10.2. The second kappa shape index (κ2) is 7.18. The van der Waals surface area contributed by atoms with Gasteiger partial charge in [-0.05, 0) is 36.4 Å². The Bertz CT molecular complexity index is 935. The number of benzene rings is 2. The summed E-state index contributed by atoms with van der Waals surface area (Å²) in [6, 6.07) is 14.5. The van der Waals surface area contributed by atoms with Gasteiger partial charge < -0.3 is 15.5 Å². The third-order valence-electron chi connectivity index (χ3n) is 3.33. The number of H-pyrrole nitrogens is 1. The normalized spacial score (nSPS) is 11.6. The minimum absolute atomic E-state index is 0.151. The van der Waals surface area contributed by atoms with E-state index in [1.807, 2.05) is 42.5 Å². The Hall–Kier alpha value is -2.80. The van der Waals surface area contributed by atoms with E-state index >= 15 is 0 Å². The fourth-order valence-electron chi connectivity index (χ4n) is 2.16. The third kappa shape index (κ3) is 3.75. The highest BCUT2D eigenvalue weighted by Gasteiger charge is 2.04. The van der Waals surface area contributed by atoms with Crippen molar-refractivity contribution >= 4 is 33.5 Å². The van der Waals surface area contributed by atoms with Crippen LogP contribution < -0.4 is 16.0 Å². The predicted octanol–water partition coefficient (Wildman–Crippen LogP) is 2.81. The average Bonchev–Trinajstić information content (AvgIpc) is 2.61. The SMILES string of the molecule is COc1ccc(N=C(N)SCc2nc3ccccc3c(=O)[nH]2)cc1. The molecule has 3 N–H and O–H groups in total. The fourth-order valence-corrected chi connectivity index (χ4v) is 2.75. The number of rotatable bonds is 4. The van der Waals surface area contributed by atoms with Crippen LogP contribution in [0.1, 0.15) is 5.82 Å². The standard InChI is InChI=1S/C17H16N4O2S/c1-23-12-8-6-11(7-9-12)19-17(18)24-10-15-20-14-5-3-2-4-13(14)16(22)21-15/h2-9H,10H2,1H3,(H2,18,19)(H,20,21,22). The summed E-state index contributed by atoms with van der Waals surface area (Å²) in [5, 5.41) is 0.974. The van der Waals surface area contributed by atoms with Crippen LogP contribution in [0.5, 0.6) is 5.75 Å². The number of hydrogen-bond donors (Lipinski definition) is 2. The van der Waals surface area contributed by atoms with E-state index in [-0.39, 0.29) is 5.56 Å². The van der Waals surface area contributed by atoms with Crippen molar-refractivity contribution in [2.24, 2.45) is 10.7 Å². The number of fused-ring (bicyclic) bond motifs is 1. The molecule has 0 radical (unpaired) electrons. The van der Waals surface area contributed by atoms with Gasteiger partial charge in [0.25, 0.3) is 5.56 Å². The van der Waals surface area contributed by atoms with Crippen LogP contribution in [0.15, 0.2) is 58.3 Å². The summed E-state index contributed by atoms with van der Waals surface area (Å²) in [7, 11) is 1.61. The van der Waals surface area contributed by atoms with Crippen molar-refractivity contribution in [3.63, 3.8) is 0 Å². The van der Waals surface area contributed by atoms with Crippen molar-refractivity contribution in [1.82, 2.24) is 9.97 Å². The summed E-state index contributed by atoms with van der Waals surface area (Å²) >= 11 is 1.32. The van der Waals surface area contributed by atoms with Crippen molar-refractivity contribution in [3.05, 3.63) is 64.7 Å². The Kier molecular flexibility index (Phi) is 4.81. The van der Waals surface area contributed by atoms with Crippen LogP contribution in [0.4, 0.5) is 5.69 Å². The van der Waals surface area contributed by atoms with Crippen molar-refractivity contribution in [2.75, 3.05) is 7.11 Å². The molecule has 122 valence electrons. The van der Waals surface area contributed by atoms with Crippen LogP contribution in [0.2, 0.25) is 0 Å². The molecule has 1 aromatic heterocycles. The zero-order valence-corrected chi connectivity index (χ0v) is 13.8. The molecular formula is C17H16N4O2S. The van der Waals surface area contributed by atoms with Gasteiger partial charge in [0.1, 0.15) is 11.6 Å². The molecule has 24 heavy (non-hydrogen) atoms. The van der Waals surface area contributed by atoms with Crippen LogP contribution in [0.3, 0.4) is 0 Å². The molecule has 0 fully saturated rings. The number of aromatic nitrogens is 2. The van der Waals surface area contributed by atoms with E-state index in [2.05, 4.69) is 15.0 Å². The molecule has 0 spiro atoms. The highest BCUT2D eigenvalue weighted by molar-refractivity contribution is 8.13. The molecule has 1 heterocycles. The van der Waals surface area contributed by atoms with Crippen LogP contribution in [0.25, 0.3) is 10.9 Å². The molecule has 6 nitrogen and oxygen atoms in total. The molecule has 0 aliphatic heterocycles. The van der Waals surface area contributed by atoms with Gasteiger partial charge in [-0.1, -0.05) is 23.9 Å². The van der Waals surface area contributed by atoms with E-state index in [0.717, 1.165) is 11.4 Å². The van der Waals surface area contributed by atoms with Gasteiger partial charge in [-0.15, -0.1) is 0 Å². The van der Waals surface area contributed by atoms with E-state index in [1.54, 1.807) is 13.2 Å². The second-order valence-corrected chi connectivity index (χ2v) is 5.96. The number of hydrogen-bond acceptors (Lipinski definition) is 5. The molecule has 2 aromatic carbocycles. The maximum atomic E-state index is 12.0. The van der Waals surface area contributed by atoms with E-state index in [0.29, 0.717) is 27.6 Å². The van der Waals surface area contributed by atoms with Gasteiger partial charge in [0, 0.05) is 0 Å². The minimum Gasteiger partial charge on any atom is -0.497 e. The lowest BCUT2D eigenvalue weighted by Crippen LogP contribution is -2.13. The van der Waals surface area contributed by atoms with E-state index in [1.165, 1.54) is 11.8 Å². The number of nitrogens with two attached hydrogens (primary N) is 1. The first kappa shape index (κ1) is 16.1. The Labute approximate surface area is 142 Å². The van der Waals surface area contributed by atoms with Crippen LogP contribution >= 0.6 is 11.8 Å². The fraction of sp³-hybridized carbons (Fsp3) is 0.118. The van der Waals surface area contributed by atoms with Gasteiger partial charge in [-0.25, -0.2) is 9.98 Å². The topological polar surface area (TPSA) is 93.4 Å². The molecule has 0 bridgehead atoms. The third-order valence-corrected chi connectivity index (χ3v) is 4.14.